The first-order chi connectivity index (χ1) is 10.3. The molecule has 1 aliphatic rings. The molecule has 0 radical (unpaired) electrons. The third kappa shape index (κ3) is 5.60. The van der Waals surface area contributed by atoms with Crippen LogP contribution in [-0.2, 0) is 6.42 Å². The van der Waals surface area contributed by atoms with Gasteiger partial charge in [-0.3, -0.25) is 0 Å². The molecule has 1 aromatic carbocycles. The van der Waals surface area contributed by atoms with Crippen LogP contribution in [0.1, 0.15) is 24.8 Å². The molecule has 0 heterocycles. The lowest BCUT2D eigenvalue weighted by Gasteiger charge is -2.20. The quantitative estimate of drug-likeness (QED) is 0.703. The Morgan fingerprint density at radius 3 is 2.76 bits per heavy atom. The van der Waals surface area contributed by atoms with E-state index >= 15 is 0 Å². The highest BCUT2D eigenvalue weighted by molar-refractivity contribution is 5.74. The van der Waals surface area contributed by atoms with Crippen LogP contribution in [0.15, 0.2) is 42.5 Å². The summed E-state index contributed by atoms with van der Waals surface area (Å²) in [6, 6.07) is 9.42. The summed E-state index contributed by atoms with van der Waals surface area (Å²) in [5.74, 6) is 0.530. The molecule has 0 spiro atoms. The van der Waals surface area contributed by atoms with Crippen molar-refractivity contribution in [2.24, 2.45) is 5.92 Å². The van der Waals surface area contributed by atoms with Crippen molar-refractivity contribution in [2.75, 3.05) is 13.2 Å². The molecule has 2 rings (SSSR count). The van der Waals surface area contributed by atoms with Gasteiger partial charge in [-0.1, -0.05) is 42.5 Å². The standard InChI is InChI=1S/C17H24N2O2/c20-13-16(11-14-7-3-1-4-8-14)19-17(21)18-12-15-9-5-2-6-10-15/h1-5,7-8,15-16,20H,6,9-13H2,(H2,18,19,21). The fraction of sp³-hybridized carbons (Fsp3) is 0.471. The summed E-state index contributed by atoms with van der Waals surface area (Å²) in [6.07, 6.45) is 8.27. The van der Waals surface area contributed by atoms with Crippen molar-refractivity contribution in [1.82, 2.24) is 10.6 Å². The zero-order valence-corrected chi connectivity index (χ0v) is 12.3. The van der Waals surface area contributed by atoms with Crippen molar-refractivity contribution < 1.29 is 9.90 Å². The van der Waals surface area contributed by atoms with E-state index in [4.69, 9.17) is 0 Å². The fourth-order valence-electron chi connectivity index (χ4n) is 2.57. The maximum absolute atomic E-state index is 11.9. The van der Waals surface area contributed by atoms with Crippen LogP contribution in [0.25, 0.3) is 0 Å². The topological polar surface area (TPSA) is 61.4 Å². The lowest BCUT2D eigenvalue weighted by Crippen LogP contribution is -2.46. The number of hydrogen-bond donors (Lipinski definition) is 3. The normalized spacial score (nSPS) is 19.0. The summed E-state index contributed by atoms with van der Waals surface area (Å²) in [6.45, 7) is 0.633. The van der Waals surface area contributed by atoms with Crippen LogP contribution in [0.4, 0.5) is 4.79 Å². The first kappa shape index (κ1) is 15.6. The van der Waals surface area contributed by atoms with E-state index < -0.39 is 0 Å². The molecule has 1 aromatic rings. The van der Waals surface area contributed by atoms with E-state index in [-0.39, 0.29) is 18.7 Å². The van der Waals surface area contributed by atoms with Crippen molar-refractivity contribution in [3.05, 3.63) is 48.0 Å². The predicted octanol–water partition coefficient (Wildman–Crippen LogP) is 2.25. The molecule has 0 fully saturated rings. The van der Waals surface area contributed by atoms with Crippen LogP contribution in [0.5, 0.6) is 0 Å². The van der Waals surface area contributed by atoms with Gasteiger partial charge in [0.25, 0.3) is 0 Å². The summed E-state index contributed by atoms with van der Waals surface area (Å²) in [7, 11) is 0. The van der Waals surface area contributed by atoms with Crippen molar-refractivity contribution in [2.45, 2.75) is 31.7 Å². The maximum Gasteiger partial charge on any atom is 0.315 e. The number of urea groups is 1. The molecule has 21 heavy (non-hydrogen) atoms. The second-order valence-electron chi connectivity index (χ2n) is 5.57. The molecule has 2 atom stereocenters. The van der Waals surface area contributed by atoms with Gasteiger partial charge in [-0.2, -0.15) is 0 Å². The molecule has 4 nitrogen and oxygen atoms in total. The Morgan fingerprint density at radius 2 is 2.10 bits per heavy atom. The number of carbonyl (C=O) groups excluding carboxylic acids is 1. The molecule has 3 N–H and O–H groups in total. The van der Waals surface area contributed by atoms with E-state index in [2.05, 4.69) is 22.8 Å². The second-order valence-corrected chi connectivity index (χ2v) is 5.57. The number of amides is 2. The number of allylic oxidation sites excluding steroid dienone is 2. The molecule has 0 saturated heterocycles. The van der Waals surface area contributed by atoms with Crippen LogP contribution >= 0.6 is 0 Å². The van der Waals surface area contributed by atoms with Crippen LogP contribution < -0.4 is 10.6 Å². The van der Waals surface area contributed by atoms with Gasteiger partial charge in [0.15, 0.2) is 0 Å². The van der Waals surface area contributed by atoms with Gasteiger partial charge >= 0.3 is 6.03 Å². The average molecular weight is 288 g/mol. The molecule has 1 aliphatic carbocycles. The highest BCUT2D eigenvalue weighted by Crippen LogP contribution is 2.16. The van der Waals surface area contributed by atoms with E-state index in [0.29, 0.717) is 18.9 Å². The lowest BCUT2D eigenvalue weighted by atomic mass is 9.94. The van der Waals surface area contributed by atoms with Crippen molar-refractivity contribution in [1.29, 1.82) is 0 Å². The molecule has 4 heteroatoms. The number of rotatable bonds is 6. The molecular formula is C17H24N2O2. The molecule has 0 aromatic heterocycles. The minimum absolute atomic E-state index is 0.0610. The molecule has 0 saturated carbocycles. The zero-order chi connectivity index (χ0) is 14.9. The van der Waals surface area contributed by atoms with E-state index in [1.807, 2.05) is 30.3 Å². The Balaban J connectivity index is 1.73. The summed E-state index contributed by atoms with van der Waals surface area (Å²) in [4.78, 5) is 11.9. The number of hydrogen-bond acceptors (Lipinski definition) is 2. The summed E-state index contributed by atoms with van der Waals surface area (Å²) in [5.41, 5.74) is 1.11. The Kier molecular flexibility index (Phi) is 6.28. The monoisotopic (exact) mass is 288 g/mol. The van der Waals surface area contributed by atoms with Gasteiger partial charge in [0.1, 0.15) is 0 Å². The highest BCUT2D eigenvalue weighted by Gasteiger charge is 2.14. The summed E-state index contributed by atoms with van der Waals surface area (Å²) >= 11 is 0. The van der Waals surface area contributed by atoms with Crippen LogP contribution in [0.2, 0.25) is 0 Å². The fourth-order valence-corrected chi connectivity index (χ4v) is 2.57. The van der Waals surface area contributed by atoms with Gasteiger partial charge in [0.2, 0.25) is 0 Å². The van der Waals surface area contributed by atoms with Crippen LogP contribution in [-0.4, -0.2) is 30.3 Å². The van der Waals surface area contributed by atoms with Crippen LogP contribution in [0, 0.1) is 5.92 Å². The van der Waals surface area contributed by atoms with Gasteiger partial charge < -0.3 is 15.7 Å². The largest absolute Gasteiger partial charge is 0.394 e. The first-order valence-corrected chi connectivity index (χ1v) is 7.62. The summed E-state index contributed by atoms with van der Waals surface area (Å²) in [5, 5.41) is 15.1. The SMILES string of the molecule is O=C(NCC1CC=CCC1)NC(CO)Cc1ccccc1. The van der Waals surface area contributed by atoms with E-state index in [0.717, 1.165) is 24.8 Å². The number of aliphatic hydroxyl groups excluding tert-OH is 1. The molecule has 0 bridgehead atoms. The molecule has 114 valence electrons. The molecule has 2 amide bonds. The smallest absolute Gasteiger partial charge is 0.315 e. The first-order valence-electron chi connectivity index (χ1n) is 7.62. The minimum Gasteiger partial charge on any atom is -0.394 e. The summed E-state index contributed by atoms with van der Waals surface area (Å²) < 4.78 is 0. The minimum atomic E-state index is -0.251. The third-order valence-corrected chi connectivity index (χ3v) is 3.81. The highest BCUT2D eigenvalue weighted by atomic mass is 16.3. The van der Waals surface area contributed by atoms with Crippen molar-refractivity contribution >= 4 is 6.03 Å². The number of aliphatic hydroxyl groups is 1. The lowest BCUT2D eigenvalue weighted by molar-refractivity contribution is 0.214. The van der Waals surface area contributed by atoms with E-state index in [1.165, 1.54) is 0 Å². The average Bonchev–Trinajstić information content (AvgIpc) is 2.54. The van der Waals surface area contributed by atoms with Gasteiger partial charge in [0, 0.05) is 6.54 Å². The van der Waals surface area contributed by atoms with Crippen molar-refractivity contribution in [3.63, 3.8) is 0 Å². The molecular weight excluding hydrogens is 264 g/mol. The third-order valence-electron chi connectivity index (χ3n) is 3.81. The molecule has 0 aliphatic heterocycles. The number of carbonyl (C=O) groups is 1. The van der Waals surface area contributed by atoms with Crippen molar-refractivity contribution in [3.8, 4) is 0 Å². The Bertz CT molecular complexity index is 459. The Morgan fingerprint density at radius 1 is 1.29 bits per heavy atom. The van der Waals surface area contributed by atoms with Crippen LogP contribution in [0.3, 0.4) is 0 Å². The number of nitrogens with one attached hydrogen (secondary N) is 2. The van der Waals surface area contributed by atoms with Gasteiger partial charge in [-0.05, 0) is 37.2 Å². The van der Waals surface area contributed by atoms with Gasteiger partial charge in [-0.15, -0.1) is 0 Å². The maximum atomic E-state index is 11.9. The molecule has 2 unspecified atom stereocenters. The second kappa shape index (κ2) is 8.47. The Hall–Kier alpha value is -1.81. The van der Waals surface area contributed by atoms with Gasteiger partial charge in [0.05, 0.1) is 12.6 Å². The zero-order valence-electron chi connectivity index (χ0n) is 12.3. The number of benzene rings is 1. The van der Waals surface area contributed by atoms with E-state index in [1.54, 1.807) is 0 Å². The predicted molar refractivity (Wildman–Crippen MR) is 84.0 cm³/mol. The van der Waals surface area contributed by atoms with Gasteiger partial charge in [-0.25, -0.2) is 4.79 Å². The Labute approximate surface area is 126 Å². The van der Waals surface area contributed by atoms with E-state index in [9.17, 15) is 9.90 Å².